The monoisotopic (exact) mass is 312 g/mol. The van der Waals surface area contributed by atoms with E-state index in [1.54, 1.807) is 0 Å². The smallest absolute Gasteiger partial charge is 0.312 e. The van der Waals surface area contributed by atoms with E-state index in [1.165, 1.54) is 12.8 Å². The van der Waals surface area contributed by atoms with Gasteiger partial charge in [-0.3, -0.25) is 0 Å². The van der Waals surface area contributed by atoms with Gasteiger partial charge in [-0.15, -0.1) is 0 Å². The summed E-state index contributed by atoms with van der Waals surface area (Å²) in [7, 11) is 1.98. The Hall–Kier alpha value is -0.290. The van der Waals surface area contributed by atoms with Crippen LogP contribution in [0.1, 0.15) is 60.3 Å². The summed E-state index contributed by atoms with van der Waals surface area (Å²) in [4.78, 5) is 2.13. The zero-order valence-corrected chi connectivity index (χ0v) is 14.7. The Bertz CT molecular complexity index is 220. The van der Waals surface area contributed by atoms with Gasteiger partial charge in [-0.2, -0.15) is 13.2 Å². The summed E-state index contributed by atoms with van der Waals surface area (Å²) in [6, 6.07) is -0.00625. The number of unbranched alkanes of at least 4 members (excludes halogenated alkanes) is 2. The highest BCUT2D eigenvalue weighted by Gasteiger charge is 2.43. The molecule has 0 saturated carbocycles. The van der Waals surface area contributed by atoms with Crippen molar-refractivity contribution in [3.63, 3.8) is 0 Å². The van der Waals surface area contributed by atoms with Gasteiger partial charge in [0.2, 0.25) is 0 Å². The molecule has 2 unspecified atom stereocenters. The minimum Gasteiger partial charge on any atom is -0.312 e. The minimum absolute atomic E-state index is 0.00625. The second kappa shape index (κ2) is 13.4. The number of likely N-dealkylation sites (N-methyl/N-ethyl adjacent to an activating group) is 1. The summed E-state index contributed by atoms with van der Waals surface area (Å²) in [6.07, 6.45) is -0.328. The Labute approximate surface area is 129 Å². The molecule has 0 bridgehead atoms. The molecule has 1 fully saturated rings. The van der Waals surface area contributed by atoms with Gasteiger partial charge in [0, 0.05) is 19.1 Å². The lowest BCUT2D eigenvalue weighted by atomic mass is 10.1. The topological polar surface area (TPSA) is 15.3 Å². The van der Waals surface area contributed by atoms with Crippen LogP contribution in [0, 0.1) is 5.92 Å². The van der Waals surface area contributed by atoms with Gasteiger partial charge >= 0.3 is 6.18 Å². The molecule has 0 radical (unpaired) electrons. The average molecular weight is 312 g/mol. The largest absolute Gasteiger partial charge is 0.393 e. The molecule has 5 heteroatoms. The van der Waals surface area contributed by atoms with Crippen molar-refractivity contribution < 1.29 is 13.2 Å². The Morgan fingerprint density at radius 2 is 1.67 bits per heavy atom. The van der Waals surface area contributed by atoms with Gasteiger partial charge in [-0.25, -0.2) is 0 Å². The average Bonchev–Trinajstić information content (AvgIpc) is 2.92. The number of hydrogen-bond donors (Lipinski definition) is 1. The van der Waals surface area contributed by atoms with Crippen LogP contribution in [-0.4, -0.2) is 43.8 Å². The predicted octanol–water partition coefficient (Wildman–Crippen LogP) is 4.70. The fourth-order valence-corrected chi connectivity index (χ4v) is 2.31. The highest BCUT2D eigenvalue weighted by Crippen LogP contribution is 2.32. The second-order valence-electron chi connectivity index (χ2n) is 5.05. The van der Waals surface area contributed by atoms with Gasteiger partial charge in [-0.1, -0.05) is 47.5 Å². The van der Waals surface area contributed by atoms with Crippen LogP contribution in [0.15, 0.2) is 0 Å². The summed E-state index contributed by atoms with van der Waals surface area (Å²) in [5.74, 6) is -1.16. The van der Waals surface area contributed by atoms with E-state index in [2.05, 4.69) is 17.1 Å². The summed E-state index contributed by atoms with van der Waals surface area (Å²) in [6.45, 7) is 11.9. The second-order valence-corrected chi connectivity index (χ2v) is 5.05. The maximum Gasteiger partial charge on any atom is 0.393 e. The van der Waals surface area contributed by atoms with Crippen LogP contribution in [0.25, 0.3) is 0 Å². The van der Waals surface area contributed by atoms with Gasteiger partial charge < -0.3 is 10.2 Å². The third-order valence-corrected chi connectivity index (χ3v) is 3.36. The summed E-state index contributed by atoms with van der Waals surface area (Å²) in [5, 5.41) is 2.97. The first kappa shape index (κ1) is 23.0. The molecular weight excluding hydrogens is 277 g/mol. The lowest BCUT2D eigenvalue weighted by Crippen LogP contribution is -2.35. The third-order valence-electron chi connectivity index (χ3n) is 3.36. The van der Waals surface area contributed by atoms with Crippen LogP contribution in [0.3, 0.4) is 0 Å². The molecule has 1 rings (SSSR count). The molecule has 0 aromatic heterocycles. The van der Waals surface area contributed by atoms with Crippen molar-refractivity contribution in [2.45, 2.75) is 72.5 Å². The lowest BCUT2D eigenvalue weighted by molar-refractivity contribution is -0.169. The van der Waals surface area contributed by atoms with Crippen LogP contribution >= 0.6 is 0 Å². The molecule has 0 amide bonds. The molecule has 21 heavy (non-hydrogen) atoms. The third kappa shape index (κ3) is 11.0. The molecule has 130 valence electrons. The summed E-state index contributed by atoms with van der Waals surface area (Å²) < 4.78 is 37.4. The summed E-state index contributed by atoms with van der Waals surface area (Å²) in [5.41, 5.74) is 0. The summed E-state index contributed by atoms with van der Waals surface area (Å²) >= 11 is 0. The highest BCUT2D eigenvalue weighted by molar-refractivity contribution is 4.86. The van der Waals surface area contributed by atoms with Crippen molar-refractivity contribution in [1.29, 1.82) is 0 Å². The molecule has 1 saturated heterocycles. The minimum atomic E-state index is -4.04. The van der Waals surface area contributed by atoms with Gasteiger partial charge in [0.15, 0.2) is 0 Å². The van der Waals surface area contributed by atoms with Crippen LogP contribution < -0.4 is 5.32 Å². The highest BCUT2D eigenvalue weighted by atomic mass is 19.4. The van der Waals surface area contributed by atoms with Gasteiger partial charge in [0.05, 0.1) is 5.92 Å². The standard InChI is InChI=1S/C12H23F3N2.2C2H6/c1-3-4-5-6-17(2)9-11-7-10(8-16-11)12(13,14)15;2*1-2/h10-11,16H,3-9H2,1-2H3;2*1-2H3. The molecule has 1 aliphatic rings. The van der Waals surface area contributed by atoms with E-state index in [4.69, 9.17) is 0 Å². The van der Waals surface area contributed by atoms with Gasteiger partial charge in [0.25, 0.3) is 0 Å². The molecule has 2 atom stereocenters. The molecule has 0 spiro atoms. The number of alkyl halides is 3. The zero-order chi connectivity index (χ0) is 16.9. The van der Waals surface area contributed by atoms with Crippen molar-refractivity contribution in [2.75, 3.05) is 26.7 Å². The maximum absolute atomic E-state index is 12.5. The molecule has 2 nitrogen and oxygen atoms in total. The maximum atomic E-state index is 12.5. The number of halogens is 3. The van der Waals surface area contributed by atoms with Crippen LogP contribution in [0.4, 0.5) is 13.2 Å². The van der Waals surface area contributed by atoms with E-state index in [0.717, 1.165) is 19.5 Å². The van der Waals surface area contributed by atoms with E-state index in [9.17, 15) is 13.2 Å². The fourth-order valence-electron chi connectivity index (χ4n) is 2.31. The normalized spacial score (nSPS) is 21.4. The number of nitrogens with one attached hydrogen (secondary N) is 1. The Morgan fingerprint density at radius 3 is 2.10 bits per heavy atom. The van der Waals surface area contributed by atoms with Crippen molar-refractivity contribution in [2.24, 2.45) is 5.92 Å². The first-order chi connectivity index (χ1) is 9.93. The van der Waals surface area contributed by atoms with E-state index < -0.39 is 12.1 Å². The van der Waals surface area contributed by atoms with Crippen LogP contribution in [-0.2, 0) is 0 Å². The van der Waals surface area contributed by atoms with E-state index >= 15 is 0 Å². The van der Waals surface area contributed by atoms with E-state index in [0.29, 0.717) is 0 Å². The Balaban J connectivity index is 0. The fraction of sp³-hybridized carbons (Fsp3) is 1.00. The van der Waals surface area contributed by atoms with Crippen molar-refractivity contribution in [1.82, 2.24) is 10.2 Å². The Kier molecular flexibility index (Phi) is 14.6. The molecule has 0 aromatic carbocycles. The van der Waals surface area contributed by atoms with Crippen molar-refractivity contribution in [3.05, 3.63) is 0 Å². The SMILES string of the molecule is CC.CC.CCCCCN(C)CC1CC(C(F)(F)F)CN1. The molecule has 1 N–H and O–H groups in total. The van der Waals surface area contributed by atoms with Gasteiger partial charge in [-0.05, 0) is 26.4 Å². The molecule has 1 aliphatic heterocycles. The predicted molar refractivity (Wildman–Crippen MR) is 85.7 cm³/mol. The first-order valence-electron chi connectivity index (χ1n) is 8.42. The first-order valence-corrected chi connectivity index (χ1v) is 8.42. The Morgan fingerprint density at radius 1 is 1.10 bits per heavy atom. The zero-order valence-electron chi connectivity index (χ0n) is 14.7. The molecular formula is C16H35F3N2. The quantitative estimate of drug-likeness (QED) is 0.715. The molecule has 0 aliphatic carbocycles. The van der Waals surface area contributed by atoms with Crippen LogP contribution in [0.2, 0.25) is 0 Å². The lowest BCUT2D eigenvalue weighted by Gasteiger charge is -2.21. The van der Waals surface area contributed by atoms with E-state index in [-0.39, 0.29) is 19.0 Å². The number of hydrogen-bond acceptors (Lipinski definition) is 2. The van der Waals surface area contributed by atoms with Crippen molar-refractivity contribution in [3.8, 4) is 0 Å². The number of rotatable bonds is 6. The van der Waals surface area contributed by atoms with Crippen LogP contribution in [0.5, 0.6) is 0 Å². The van der Waals surface area contributed by atoms with Gasteiger partial charge in [0.1, 0.15) is 0 Å². The molecule has 0 aromatic rings. The number of nitrogens with zero attached hydrogens (tertiary/aromatic N) is 1. The van der Waals surface area contributed by atoms with E-state index in [1.807, 2.05) is 34.7 Å². The van der Waals surface area contributed by atoms with Crippen molar-refractivity contribution >= 4 is 0 Å². The molecule has 1 heterocycles.